The van der Waals surface area contributed by atoms with E-state index in [4.69, 9.17) is 8.85 Å². The minimum absolute atomic E-state index is 0.817. The Balaban J connectivity index is 4.17. The van der Waals surface area contributed by atoms with Crippen molar-refractivity contribution in [1.82, 2.24) is 0 Å². The molecule has 0 aliphatic rings. The van der Waals surface area contributed by atoms with Crippen molar-refractivity contribution in [3.8, 4) is 0 Å². The molecule has 0 aliphatic heterocycles. The van der Waals surface area contributed by atoms with Gasteiger partial charge in [-0.05, 0) is 18.9 Å². The summed E-state index contributed by atoms with van der Waals surface area (Å²) in [6, 6.07) is 1.92. The lowest BCUT2D eigenvalue weighted by molar-refractivity contribution is 0.171. The molecule has 0 bridgehead atoms. The lowest BCUT2D eigenvalue weighted by Crippen LogP contribution is -2.41. The lowest BCUT2D eigenvalue weighted by Gasteiger charge is -2.28. The van der Waals surface area contributed by atoms with E-state index >= 15 is 0 Å². The average molecular weight is 216 g/mol. The summed E-state index contributed by atoms with van der Waals surface area (Å²) in [6.45, 7) is 11.8. The molecule has 0 atom stereocenters. The van der Waals surface area contributed by atoms with Crippen molar-refractivity contribution in [2.75, 3.05) is 13.2 Å². The molecule has 0 saturated heterocycles. The van der Waals surface area contributed by atoms with E-state index in [0.717, 1.165) is 38.1 Å². The van der Waals surface area contributed by atoms with Gasteiger partial charge in [0, 0.05) is 19.3 Å². The average Bonchev–Trinajstić information content (AvgIpc) is 2.22. The van der Waals surface area contributed by atoms with E-state index in [0.29, 0.717) is 0 Å². The highest BCUT2D eigenvalue weighted by atomic mass is 28.4. The molecule has 0 aromatic rings. The number of rotatable bonds is 9. The summed E-state index contributed by atoms with van der Waals surface area (Å²) >= 11 is 0. The molecule has 0 rings (SSSR count). The monoisotopic (exact) mass is 216 g/mol. The van der Waals surface area contributed by atoms with Crippen LogP contribution in [0.4, 0.5) is 0 Å². The first-order chi connectivity index (χ1) is 6.74. The maximum Gasteiger partial charge on any atom is 0.341 e. The predicted molar refractivity (Wildman–Crippen MR) is 63.7 cm³/mol. The Labute approximate surface area is 89.6 Å². The number of hydrogen-bond acceptors (Lipinski definition) is 2. The smallest absolute Gasteiger partial charge is 0.341 e. The Hall–Kier alpha value is -0.123. The third kappa shape index (κ3) is 4.93. The van der Waals surface area contributed by atoms with E-state index in [2.05, 4.69) is 27.4 Å². The Morgan fingerprint density at radius 2 is 1.57 bits per heavy atom. The van der Waals surface area contributed by atoms with Gasteiger partial charge in [-0.1, -0.05) is 26.8 Å². The fourth-order valence-corrected chi connectivity index (χ4v) is 3.91. The van der Waals surface area contributed by atoms with Crippen LogP contribution < -0.4 is 0 Å². The van der Waals surface area contributed by atoms with Crippen molar-refractivity contribution in [2.24, 2.45) is 0 Å². The van der Waals surface area contributed by atoms with Gasteiger partial charge in [0.2, 0.25) is 0 Å². The molecule has 0 unspecified atom stereocenters. The zero-order chi connectivity index (χ0) is 10.9. The minimum Gasteiger partial charge on any atom is -0.394 e. The summed E-state index contributed by atoms with van der Waals surface area (Å²) in [5.74, 6) is 0. The quantitative estimate of drug-likeness (QED) is 0.434. The molecular formula is C11H24O2Si. The van der Waals surface area contributed by atoms with Gasteiger partial charge in [0.05, 0.1) is 0 Å². The first-order valence-electron chi connectivity index (χ1n) is 5.63. The second-order valence-corrected chi connectivity index (χ2v) is 6.97. The molecule has 0 fully saturated rings. The molecule has 0 radical (unpaired) electrons. The molecule has 2 nitrogen and oxygen atoms in total. The third-order valence-electron chi connectivity index (χ3n) is 2.13. The van der Waals surface area contributed by atoms with Gasteiger partial charge >= 0.3 is 8.56 Å². The van der Waals surface area contributed by atoms with Crippen LogP contribution in [0.1, 0.15) is 33.6 Å². The van der Waals surface area contributed by atoms with Crippen molar-refractivity contribution in [3.63, 3.8) is 0 Å². The maximum absolute atomic E-state index is 5.92. The highest BCUT2D eigenvalue weighted by molar-refractivity contribution is 6.67. The Morgan fingerprint density at radius 1 is 1.07 bits per heavy atom. The standard InChI is InChI=1S/C11H24O2Si/c1-5-9-12-14(8-4,11-7-3)13-10-6-2/h7H,3,5-6,8-11H2,1-2,4H3. The summed E-state index contributed by atoms with van der Waals surface area (Å²) in [5.41, 5.74) is 0. The van der Waals surface area contributed by atoms with Crippen molar-refractivity contribution in [3.05, 3.63) is 12.7 Å². The maximum atomic E-state index is 5.92. The van der Waals surface area contributed by atoms with Crippen LogP contribution in [0.5, 0.6) is 0 Å². The van der Waals surface area contributed by atoms with Gasteiger partial charge in [-0.15, -0.1) is 6.58 Å². The molecule has 0 spiro atoms. The zero-order valence-corrected chi connectivity index (χ0v) is 10.8. The molecule has 0 amide bonds. The van der Waals surface area contributed by atoms with Crippen molar-refractivity contribution >= 4 is 8.56 Å². The highest BCUT2D eigenvalue weighted by Gasteiger charge is 2.33. The Kier molecular flexibility index (Phi) is 8.13. The molecule has 0 aromatic heterocycles. The summed E-state index contributed by atoms with van der Waals surface area (Å²) < 4.78 is 11.8. The van der Waals surface area contributed by atoms with E-state index in [-0.39, 0.29) is 0 Å². The van der Waals surface area contributed by atoms with Gasteiger partial charge in [-0.2, -0.15) is 0 Å². The summed E-state index contributed by atoms with van der Waals surface area (Å²) in [6.07, 6.45) is 4.05. The van der Waals surface area contributed by atoms with Gasteiger partial charge in [-0.3, -0.25) is 0 Å². The SMILES string of the molecule is C=CC[Si](CC)(OCCC)OCCC. The molecule has 3 heteroatoms. The second-order valence-electron chi connectivity index (χ2n) is 3.45. The van der Waals surface area contributed by atoms with Crippen LogP contribution in [0.3, 0.4) is 0 Å². The fraction of sp³-hybridized carbons (Fsp3) is 0.818. The van der Waals surface area contributed by atoms with Crippen LogP contribution in [0.15, 0.2) is 12.7 Å². The van der Waals surface area contributed by atoms with E-state index in [1.165, 1.54) is 0 Å². The molecule has 0 aliphatic carbocycles. The highest BCUT2D eigenvalue weighted by Crippen LogP contribution is 2.19. The van der Waals surface area contributed by atoms with Gasteiger partial charge < -0.3 is 8.85 Å². The lowest BCUT2D eigenvalue weighted by atomic mass is 10.5. The normalized spacial score (nSPS) is 11.6. The first-order valence-corrected chi connectivity index (χ1v) is 7.86. The third-order valence-corrected chi connectivity index (χ3v) is 5.58. The van der Waals surface area contributed by atoms with E-state index in [1.807, 2.05) is 6.08 Å². The summed E-state index contributed by atoms with van der Waals surface area (Å²) in [5, 5.41) is 0. The first kappa shape index (κ1) is 13.9. The van der Waals surface area contributed by atoms with Crippen LogP contribution in [0, 0.1) is 0 Å². The molecule has 0 heterocycles. The van der Waals surface area contributed by atoms with Crippen molar-refractivity contribution < 1.29 is 8.85 Å². The number of hydrogen-bond donors (Lipinski definition) is 0. The van der Waals surface area contributed by atoms with Crippen molar-refractivity contribution in [1.29, 1.82) is 0 Å². The van der Waals surface area contributed by atoms with E-state index < -0.39 is 8.56 Å². The molecular weight excluding hydrogens is 192 g/mol. The van der Waals surface area contributed by atoms with E-state index in [1.54, 1.807) is 0 Å². The minimum atomic E-state index is -1.93. The fourth-order valence-electron chi connectivity index (χ4n) is 1.30. The van der Waals surface area contributed by atoms with Gasteiger partial charge in [-0.25, -0.2) is 0 Å². The molecule has 14 heavy (non-hydrogen) atoms. The topological polar surface area (TPSA) is 18.5 Å². The van der Waals surface area contributed by atoms with Crippen LogP contribution >= 0.6 is 0 Å². The van der Waals surface area contributed by atoms with Crippen LogP contribution in [-0.2, 0) is 8.85 Å². The largest absolute Gasteiger partial charge is 0.394 e. The van der Waals surface area contributed by atoms with Crippen LogP contribution in [0.2, 0.25) is 12.1 Å². The second kappa shape index (κ2) is 8.21. The predicted octanol–water partition coefficient (Wildman–Crippen LogP) is 3.49. The van der Waals surface area contributed by atoms with Crippen molar-refractivity contribution in [2.45, 2.75) is 45.7 Å². The molecule has 84 valence electrons. The molecule has 0 N–H and O–H groups in total. The molecule has 0 aromatic carbocycles. The van der Waals surface area contributed by atoms with Crippen LogP contribution in [-0.4, -0.2) is 21.8 Å². The zero-order valence-electron chi connectivity index (χ0n) is 9.84. The van der Waals surface area contributed by atoms with Gasteiger partial charge in [0.25, 0.3) is 0 Å². The summed E-state index contributed by atoms with van der Waals surface area (Å²) in [7, 11) is -1.93. The van der Waals surface area contributed by atoms with Gasteiger partial charge in [0.1, 0.15) is 0 Å². The van der Waals surface area contributed by atoms with Crippen LogP contribution in [0.25, 0.3) is 0 Å². The van der Waals surface area contributed by atoms with Gasteiger partial charge in [0.15, 0.2) is 0 Å². The molecule has 0 saturated carbocycles. The van der Waals surface area contributed by atoms with E-state index in [9.17, 15) is 0 Å². The number of allylic oxidation sites excluding steroid dienone is 1. The Bertz CT molecular complexity index is 140. The Morgan fingerprint density at radius 3 is 1.86 bits per heavy atom. The summed E-state index contributed by atoms with van der Waals surface area (Å²) in [4.78, 5) is 0.